The first-order chi connectivity index (χ1) is 15.1. The van der Waals surface area contributed by atoms with Crippen molar-refractivity contribution >= 4 is 46.0 Å². The number of carbonyl (C=O) groups excluding carboxylic acids is 1. The smallest absolute Gasteiger partial charge is 0.142 e. The van der Waals surface area contributed by atoms with Gasteiger partial charge in [-0.1, -0.05) is 61.0 Å². The summed E-state index contributed by atoms with van der Waals surface area (Å²) >= 11 is 6.45. The predicted molar refractivity (Wildman–Crippen MR) is 125 cm³/mol. The molecule has 0 amide bonds. The average Bonchev–Trinajstić information content (AvgIpc) is 3.25. The molecule has 0 saturated carbocycles. The summed E-state index contributed by atoms with van der Waals surface area (Å²) < 4.78 is 13.7. The van der Waals surface area contributed by atoms with Gasteiger partial charge in [-0.3, -0.25) is 9.89 Å². The van der Waals surface area contributed by atoms with Crippen molar-refractivity contribution in [2.24, 2.45) is 0 Å². The number of halogens is 2. The van der Waals surface area contributed by atoms with Crippen molar-refractivity contribution < 1.29 is 9.18 Å². The van der Waals surface area contributed by atoms with Crippen LogP contribution in [0.1, 0.15) is 35.6 Å². The van der Waals surface area contributed by atoms with E-state index in [1.807, 2.05) is 36.4 Å². The molecule has 0 aliphatic rings. The number of aromatic amines is 1. The molecule has 4 aromatic rings. The molecule has 0 aliphatic carbocycles. The number of H-pyrrole nitrogens is 1. The van der Waals surface area contributed by atoms with Gasteiger partial charge in [0.2, 0.25) is 0 Å². The summed E-state index contributed by atoms with van der Waals surface area (Å²) in [5.41, 5.74) is 6.74. The van der Waals surface area contributed by atoms with Gasteiger partial charge >= 0.3 is 0 Å². The standard InChI is InChI=1S/C26H20ClFN2O/c1-2-22(23-11-10-21(28)15-24(23)27)26(18-7-5-17(6-8-18)4-3-13-31)19-9-12-25-20(14-19)16-29-30-25/h3-16H,2H2,1H3,(H,29,30)/b4-3+,26-22+. The third-order valence-electron chi connectivity index (χ3n) is 5.21. The number of hydrogen-bond acceptors (Lipinski definition) is 2. The molecule has 0 saturated heterocycles. The maximum atomic E-state index is 13.7. The maximum Gasteiger partial charge on any atom is 0.142 e. The first-order valence-corrected chi connectivity index (χ1v) is 10.3. The number of hydrogen-bond donors (Lipinski definition) is 1. The molecule has 0 atom stereocenters. The van der Waals surface area contributed by atoms with E-state index >= 15 is 0 Å². The summed E-state index contributed by atoms with van der Waals surface area (Å²) in [4.78, 5) is 10.6. The Hall–Kier alpha value is -3.50. The normalized spacial score (nSPS) is 12.4. The summed E-state index contributed by atoms with van der Waals surface area (Å²) in [5, 5.41) is 8.48. The minimum atomic E-state index is -0.364. The maximum absolute atomic E-state index is 13.7. The minimum absolute atomic E-state index is 0.364. The van der Waals surface area contributed by atoms with Gasteiger partial charge in [0.25, 0.3) is 0 Å². The van der Waals surface area contributed by atoms with E-state index in [9.17, 15) is 9.18 Å². The van der Waals surface area contributed by atoms with E-state index in [2.05, 4.69) is 23.2 Å². The summed E-state index contributed by atoms with van der Waals surface area (Å²) in [5.74, 6) is -0.364. The lowest BCUT2D eigenvalue weighted by atomic mass is 9.87. The number of allylic oxidation sites excluding steroid dienone is 2. The predicted octanol–water partition coefficient (Wildman–Crippen LogP) is 6.94. The van der Waals surface area contributed by atoms with Crippen molar-refractivity contribution in [3.63, 3.8) is 0 Å². The number of aldehydes is 1. The molecule has 1 heterocycles. The number of carbonyl (C=O) groups is 1. The van der Waals surface area contributed by atoms with Crippen molar-refractivity contribution in [2.75, 3.05) is 0 Å². The molecule has 3 aromatic carbocycles. The zero-order chi connectivity index (χ0) is 21.8. The lowest BCUT2D eigenvalue weighted by molar-refractivity contribution is -0.104. The van der Waals surface area contributed by atoms with E-state index in [0.29, 0.717) is 11.4 Å². The Morgan fingerprint density at radius 2 is 1.84 bits per heavy atom. The lowest BCUT2D eigenvalue weighted by Crippen LogP contribution is -1.96. The summed E-state index contributed by atoms with van der Waals surface area (Å²) in [6.07, 6.45) is 6.48. The Balaban J connectivity index is 1.96. The monoisotopic (exact) mass is 430 g/mol. The van der Waals surface area contributed by atoms with Crippen LogP contribution in [0.4, 0.5) is 4.39 Å². The zero-order valence-corrected chi connectivity index (χ0v) is 17.7. The molecule has 4 rings (SSSR count). The van der Waals surface area contributed by atoms with Crippen molar-refractivity contribution in [3.05, 3.63) is 106 Å². The second-order valence-electron chi connectivity index (χ2n) is 7.12. The molecule has 154 valence electrons. The zero-order valence-electron chi connectivity index (χ0n) is 16.9. The third kappa shape index (κ3) is 4.35. The van der Waals surface area contributed by atoms with Crippen LogP contribution in [0.2, 0.25) is 5.02 Å². The SMILES string of the molecule is CC/C(=C(/c1ccc(/C=C/C=O)cc1)c1ccc2[nH]ncc2c1)c1ccc(F)cc1Cl. The van der Waals surface area contributed by atoms with Crippen molar-refractivity contribution in [1.29, 1.82) is 0 Å². The van der Waals surface area contributed by atoms with Crippen LogP contribution in [0, 0.1) is 5.82 Å². The minimum Gasteiger partial charge on any atom is -0.299 e. The van der Waals surface area contributed by atoms with E-state index in [1.165, 1.54) is 18.2 Å². The molecular formula is C26H20ClFN2O. The highest BCUT2D eigenvalue weighted by Gasteiger charge is 2.16. The van der Waals surface area contributed by atoms with Crippen LogP contribution < -0.4 is 0 Å². The Morgan fingerprint density at radius 1 is 1.06 bits per heavy atom. The van der Waals surface area contributed by atoms with Crippen molar-refractivity contribution in [1.82, 2.24) is 10.2 Å². The molecule has 0 radical (unpaired) electrons. The van der Waals surface area contributed by atoms with Crippen molar-refractivity contribution in [3.8, 4) is 0 Å². The molecule has 1 N–H and O–H groups in total. The fourth-order valence-electron chi connectivity index (χ4n) is 3.76. The van der Waals surface area contributed by atoms with E-state index in [0.717, 1.165) is 50.6 Å². The molecule has 0 fully saturated rings. The average molecular weight is 431 g/mol. The topological polar surface area (TPSA) is 45.8 Å². The van der Waals surface area contributed by atoms with Crippen LogP contribution in [-0.4, -0.2) is 16.5 Å². The molecule has 1 aromatic heterocycles. The van der Waals surface area contributed by atoms with E-state index < -0.39 is 0 Å². The number of fused-ring (bicyclic) bond motifs is 1. The van der Waals surface area contributed by atoms with Crippen LogP contribution in [0.5, 0.6) is 0 Å². The van der Waals surface area contributed by atoms with Gasteiger partial charge in [-0.05, 0) is 70.2 Å². The molecule has 31 heavy (non-hydrogen) atoms. The highest BCUT2D eigenvalue weighted by molar-refractivity contribution is 6.32. The van der Waals surface area contributed by atoms with Gasteiger partial charge in [-0.25, -0.2) is 4.39 Å². The fourth-order valence-corrected chi connectivity index (χ4v) is 4.04. The van der Waals surface area contributed by atoms with Crippen LogP contribution >= 0.6 is 11.6 Å². The highest BCUT2D eigenvalue weighted by atomic mass is 35.5. The Bertz CT molecular complexity index is 1300. The van der Waals surface area contributed by atoms with Crippen LogP contribution in [-0.2, 0) is 4.79 Å². The first-order valence-electron chi connectivity index (χ1n) is 9.95. The number of nitrogens with zero attached hydrogens (tertiary/aromatic N) is 1. The van der Waals surface area contributed by atoms with Crippen LogP contribution in [0.15, 0.2) is 72.9 Å². The summed E-state index contributed by atoms with van der Waals surface area (Å²) in [6, 6.07) is 18.6. The van der Waals surface area contributed by atoms with Gasteiger partial charge in [0.05, 0.1) is 16.7 Å². The fraction of sp³-hybridized carbons (Fsp3) is 0.0769. The third-order valence-corrected chi connectivity index (χ3v) is 5.52. The molecule has 0 unspecified atom stereocenters. The number of aromatic nitrogens is 2. The molecule has 0 aliphatic heterocycles. The summed E-state index contributed by atoms with van der Waals surface area (Å²) in [7, 11) is 0. The van der Waals surface area contributed by atoms with Gasteiger partial charge in [0, 0.05) is 5.39 Å². The molecule has 3 nitrogen and oxygen atoms in total. The van der Waals surface area contributed by atoms with Crippen LogP contribution in [0.25, 0.3) is 28.1 Å². The first kappa shape index (κ1) is 20.8. The van der Waals surface area contributed by atoms with E-state index in [4.69, 9.17) is 11.6 Å². The molecule has 0 spiro atoms. The van der Waals surface area contributed by atoms with Gasteiger partial charge in [-0.15, -0.1) is 0 Å². The second kappa shape index (κ2) is 9.11. The number of nitrogens with one attached hydrogen (secondary N) is 1. The largest absolute Gasteiger partial charge is 0.299 e. The van der Waals surface area contributed by atoms with E-state index in [1.54, 1.807) is 18.3 Å². The molecule has 5 heteroatoms. The van der Waals surface area contributed by atoms with Gasteiger partial charge in [0.15, 0.2) is 0 Å². The van der Waals surface area contributed by atoms with Gasteiger partial charge < -0.3 is 0 Å². The van der Waals surface area contributed by atoms with Crippen molar-refractivity contribution in [2.45, 2.75) is 13.3 Å². The van der Waals surface area contributed by atoms with E-state index in [-0.39, 0.29) is 5.82 Å². The Kier molecular flexibility index (Phi) is 6.10. The van der Waals surface area contributed by atoms with Crippen LogP contribution in [0.3, 0.4) is 0 Å². The number of rotatable bonds is 6. The highest BCUT2D eigenvalue weighted by Crippen LogP contribution is 2.38. The Morgan fingerprint density at radius 3 is 2.55 bits per heavy atom. The van der Waals surface area contributed by atoms with Gasteiger partial charge in [-0.2, -0.15) is 5.10 Å². The second-order valence-corrected chi connectivity index (χ2v) is 7.53. The lowest BCUT2D eigenvalue weighted by Gasteiger charge is -2.17. The van der Waals surface area contributed by atoms with Gasteiger partial charge in [0.1, 0.15) is 12.1 Å². The molecule has 0 bridgehead atoms. The number of benzene rings is 3. The molecular weight excluding hydrogens is 411 g/mol. The Labute approximate surface area is 184 Å². The summed E-state index contributed by atoms with van der Waals surface area (Å²) in [6.45, 7) is 2.06. The quantitative estimate of drug-likeness (QED) is 0.204.